The lowest BCUT2D eigenvalue weighted by atomic mass is 9.43. The molecular formula is C32H52O3. The molecule has 198 valence electrons. The Morgan fingerprint density at radius 2 is 1.74 bits per heavy atom. The van der Waals surface area contributed by atoms with Crippen LogP contribution in [0.5, 0.6) is 0 Å². The summed E-state index contributed by atoms with van der Waals surface area (Å²) in [5, 5.41) is 10.1. The van der Waals surface area contributed by atoms with Gasteiger partial charge in [0.2, 0.25) is 0 Å². The largest absolute Gasteiger partial charge is 0.462 e. The van der Waals surface area contributed by atoms with Gasteiger partial charge in [-0.2, -0.15) is 0 Å². The summed E-state index contributed by atoms with van der Waals surface area (Å²) in [5.74, 6) is 1.80. The second-order valence-corrected chi connectivity index (χ2v) is 14.6. The molecule has 0 aromatic heterocycles. The van der Waals surface area contributed by atoms with Gasteiger partial charge in [0.1, 0.15) is 6.10 Å². The van der Waals surface area contributed by atoms with E-state index in [0.717, 1.165) is 25.2 Å². The number of hydrogen-bond donors (Lipinski definition) is 1. The van der Waals surface area contributed by atoms with Crippen LogP contribution < -0.4 is 0 Å². The lowest BCUT2D eigenvalue weighted by Gasteiger charge is -2.62. The minimum absolute atomic E-state index is 0.0123. The van der Waals surface area contributed by atoms with Crippen LogP contribution in [0.1, 0.15) is 120 Å². The number of esters is 1. The highest BCUT2D eigenvalue weighted by Crippen LogP contribution is 2.72. The fraction of sp³-hybridized carbons (Fsp3) is 0.844. The highest BCUT2D eigenvalue weighted by molar-refractivity contribution is 5.66. The van der Waals surface area contributed by atoms with E-state index in [1.165, 1.54) is 38.5 Å². The average Bonchev–Trinajstić information content (AvgIpc) is 3.00. The first-order valence-corrected chi connectivity index (χ1v) is 14.4. The third-order valence-corrected chi connectivity index (χ3v) is 11.8. The lowest BCUT2D eigenvalue weighted by Crippen LogP contribution is -2.55. The van der Waals surface area contributed by atoms with E-state index in [4.69, 9.17) is 4.74 Å². The standard InChI is InChI=1S/C32H52O3/c1-21(11-10-17-28(3,4)34)23-14-19-32(9)25-12-13-26-29(5,6)27(35-22(2)33)16-18-30(26,7)24(25)15-20-31(23,32)8/h10,17,21,23,26-27,34H,11-16,18-20H2,1-9H3/t21-,23-,26?,27+,30-,31-,32+/m1/s1. The monoisotopic (exact) mass is 484 g/mol. The van der Waals surface area contributed by atoms with Gasteiger partial charge in [0.05, 0.1) is 5.60 Å². The molecule has 2 fully saturated rings. The van der Waals surface area contributed by atoms with E-state index in [1.807, 2.05) is 25.5 Å². The molecule has 1 N–H and O–H groups in total. The fourth-order valence-corrected chi connectivity index (χ4v) is 9.76. The Hall–Kier alpha value is -1.09. The molecule has 0 saturated heterocycles. The van der Waals surface area contributed by atoms with E-state index in [2.05, 4.69) is 47.6 Å². The topological polar surface area (TPSA) is 46.5 Å². The number of carbonyl (C=O) groups excluding carboxylic acids is 1. The van der Waals surface area contributed by atoms with Crippen molar-refractivity contribution in [1.29, 1.82) is 0 Å². The van der Waals surface area contributed by atoms with Crippen LogP contribution in [0, 0.1) is 39.4 Å². The number of fused-ring (bicyclic) bond motifs is 4. The highest BCUT2D eigenvalue weighted by atomic mass is 16.5. The van der Waals surface area contributed by atoms with E-state index in [1.54, 1.807) is 12.5 Å². The van der Waals surface area contributed by atoms with Gasteiger partial charge in [0.15, 0.2) is 0 Å². The van der Waals surface area contributed by atoms with Gasteiger partial charge in [-0.1, -0.05) is 64.8 Å². The van der Waals surface area contributed by atoms with Crippen LogP contribution in [-0.4, -0.2) is 22.8 Å². The second-order valence-electron chi connectivity index (χ2n) is 14.6. The molecule has 7 atom stereocenters. The van der Waals surface area contributed by atoms with Crippen molar-refractivity contribution in [3.63, 3.8) is 0 Å². The van der Waals surface area contributed by atoms with Crippen molar-refractivity contribution in [2.75, 3.05) is 0 Å². The lowest BCUT2D eigenvalue weighted by molar-refractivity contribution is -0.167. The molecule has 3 heteroatoms. The van der Waals surface area contributed by atoms with Crippen molar-refractivity contribution in [2.45, 2.75) is 132 Å². The summed E-state index contributed by atoms with van der Waals surface area (Å²) < 4.78 is 5.86. The number of allylic oxidation sites excluding steroid dienone is 3. The first-order valence-electron chi connectivity index (χ1n) is 14.4. The van der Waals surface area contributed by atoms with Crippen LogP contribution in [0.15, 0.2) is 23.3 Å². The molecule has 2 saturated carbocycles. The van der Waals surface area contributed by atoms with Crippen LogP contribution >= 0.6 is 0 Å². The first-order chi connectivity index (χ1) is 16.1. The van der Waals surface area contributed by atoms with Gasteiger partial charge in [0, 0.05) is 12.3 Å². The minimum Gasteiger partial charge on any atom is -0.462 e. The van der Waals surface area contributed by atoms with Crippen molar-refractivity contribution in [1.82, 2.24) is 0 Å². The Kier molecular flexibility index (Phi) is 6.73. The van der Waals surface area contributed by atoms with Gasteiger partial charge in [-0.25, -0.2) is 0 Å². The fourth-order valence-electron chi connectivity index (χ4n) is 9.76. The quantitative estimate of drug-likeness (QED) is 0.317. The molecule has 0 heterocycles. The SMILES string of the molecule is CC(=O)O[C@H]1CC[C@]2(C)C3=C(CCC2C1(C)C)[C@]1(C)CC[C@H]([C@H](C)CC=CC(C)(C)O)[C@@]1(C)CC3. The van der Waals surface area contributed by atoms with E-state index >= 15 is 0 Å². The Morgan fingerprint density at radius 3 is 2.37 bits per heavy atom. The van der Waals surface area contributed by atoms with Crippen LogP contribution in [0.4, 0.5) is 0 Å². The summed E-state index contributed by atoms with van der Waals surface area (Å²) in [6.07, 6.45) is 15.0. The van der Waals surface area contributed by atoms with Crippen molar-refractivity contribution in [3.8, 4) is 0 Å². The molecular weight excluding hydrogens is 432 g/mol. The summed E-state index contributed by atoms with van der Waals surface area (Å²) in [5.41, 5.74) is 3.77. The van der Waals surface area contributed by atoms with Crippen LogP contribution in [-0.2, 0) is 9.53 Å². The molecule has 4 aliphatic carbocycles. The van der Waals surface area contributed by atoms with E-state index in [9.17, 15) is 9.90 Å². The molecule has 35 heavy (non-hydrogen) atoms. The molecule has 3 nitrogen and oxygen atoms in total. The Labute approximate surface area is 215 Å². The molecule has 0 amide bonds. The second kappa shape index (κ2) is 8.74. The molecule has 0 spiro atoms. The summed E-state index contributed by atoms with van der Waals surface area (Å²) in [7, 11) is 0. The molecule has 4 aliphatic rings. The van der Waals surface area contributed by atoms with Gasteiger partial charge < -0.3 is 9.84 Å². The maximum atomic E-state index is 11.8. The molecule has 4 rings (SSSR count). The third-order valence-electron chi connectivity index (χ3n) is 11.8. The van der Waals surface area contributed by atoms with Crippen LogP contribution in [0.2, 0.25) is 0 Å². The Balaban J connectivity index is 1.62. The maximum Gasteiger partial charge on any atom is 0.302 e. The van der Waals surface area contributed by atoms with Crippen LogP contribution in [0.3, 0.4) is 0 Å². The summed E-state index contributed by atoms with van der Waals surface area (Å²) in [4.78, 5) is 11.8. The zero-order valence-corrected chi connectivity index (χ0v) is 24.1. The molecule has 0 aliphatic heterocycles. The highest BCUT2D eigenvalue weighted by Gasteiger charge is 2.63. The van der Waals surface area contributed by atoms with Gasteiger partial charge in [-0.15, -0.1) is 0 Å². The number of hydrogen-bond acceptors (Lipinski definition) is 3. The molecule has 0 aromatic carbocycles. The zero-order valence-electron chi connectivity index (χ0n) is 24.1. The van der Waals surface area contributed by atoms with Crippen molar-refractivity contribution < 1.29 is 14.6 Å². The van der Waals surface area contributed by atoms with Crippen LogP contribution in [0.25, 0.3) is 0 Å². The van der Waals surface area contributed by atoms with E-state index in [-0.39, 0.29) is 22.9 Å². The summed E-state index contributed by atoms with van der Waals surface area (Å²) >= 11 is 0. The number of ether oxygens (including phenoxy) is 1. The van der Waals surface area contributed by atoms with Crippen molar-refractivity contribution >= 4 is 5.97 Å². The summed E-state index contributed by atoms with van der Waals surface area (Å²) in [6, 6.07) is 0. The maximum absolute atomic E-state index is 11.8. The predicted molar refractivity (Wildman–Crippen MR) is 144 cm³/mol. The van der Waals surface area contributed by atoms with E-state index < -0.39 is 5.60 Å². The molecule has 0 bridgehead atoms. The zero-order chi connectivity index (χ0) is 26.0. The van der Waals surface area contributed by atoms with E-state index in [0.29, 0.717) is 22.7 Å². The third kappa shape index (κ3) is 4.26. The Morgan fingerprint density at radius 1 is 1.06 bits per heavy atom. The molecule has 0 radical (unpaired) electrons. The first kappa shape index (κ1) is 27.0. The normalized spacial score (nSPS) is 41.8. The number of rotatable bonds is 5. The minimum atomic E-state index is -0.727. The van der Waals surface area contributed by atoms with Crippen molar-refractivity contribution in [3.05, 3.63) is 23.3 Å². The predicted octanol–water partition coefficient (Wildman–Crippen LogP) is 8.02. The Bertz CT molecular complexity index is 904. The molecule has 1 unspecified atom stereocenters. The number of carbonyl (C=O) groups is 1. The number of aliphatic hydroxyl groups is 1. The van der Waals surface area contributed by atoms with Crippen molar-refractivity contribution in [2.24, 2.45) is 39.4 Å². The smallest absolute Gasteiger partial charge is 0.302 e. The average molecular weight is 485 g/mol. The molecule has 0 aromatic rings. The van der Waals surface area contributed by atoms with Gasteiger partial charge in [-0.3, -0.25) is 4.79 Å². The van der Waals surface area contributed by atoms with Gasteiger partial charge in [-0.05, 0) is 106 Å². The summed E-state index contributed by atoms with van der Waals surface area (Å²) in [6.45, 7) is 20.2. The van der Waals surface area contributed by atoms with Gasteiger partial charge >= 0.3 is 5.97 Å². The van der Waals surface area contributed by atoms with Gasteiger partial charge in [0.25, 0.3) is 0 Å².